The Kier molecular flexibility index (Phi) is 7.46. The molecule has 15 heavy (non-hydrogen) atoms. The quantitative estimate of drug-likeness (QED) is 0.682. The van der Waals surface area contributed by atoms with E-state index in [1.165, 1.54) is 0 Å². The fourth-order valence-electron chi connectivity index (χ4n) is 1.11. The number of nitrogens with one attached hydrogen (secondary N) is 1. The van der Waals surface area contributed by atoms with Gasteiger partial charge in [-0.15, -0.1) is 11.8 Å². The summed E-state index contributed by atoms with van der Waals surface area (Å²) in [4.78, 5) is 0. The Hall–Kier alpha value is -0.520. The summed E-state index contributed by atoms with van der Waals surface area (Å²) in [6, 6.07) is 0.358. The van der Waals surface area contributed by atoms with Crippen molar-refractivity contribution in [1.29, 1.82) is 0 Å². The summed E-state index contributed by atoms with van der Waals surface area (Å²) in [5.41, 5.74) is -0.0637. The Morgan fingerprint density at radius 2 is 2.00 bits per heavy atom. The van der Waals surface area contributed by atoms with Gasteiger partial charge in [0.1, 0.15) is 0 Å². The van der Waals surface area contributed by atoms with Gasteiger partial charge in [-0.3, -0.25) is 0 Å². The third-order valence-corrected chi connectivity index (χ3v) is 1.93. The van der Waals surface area contributed by atoms with Crippen LogP contribution >= 0.6 is 0 Å². The maximum Gasteiger partial charge on any atom is 0.0636 e. The van der Waals surface area contributed by atoms with Crippen LogP contribution in [0.4, 0.5) is 0 Å². The lowest BCUT2D eigenvalue weighted by Crippen LogP contribution is -2.36. The first-order valence-electron chi connectivity index (χ1n) is 5.76. The molecular formula is C13H25NO. The molecule has 0 amide bonds. The highest BCUT2D eigenvalue weighted by atomic mass is 16.5. The van der Waals surface area contributed by atoms with Gasteiger partial charge in [0.25, 0.3) is 0 Å². The Morgan fingerprint density at radius 1 is 1.33 bits per heavy atom. The highest BCUT2D eigenvalue weighted by Gasteiger charge is 2.14. The molecule has 1 N–H and O–H groups in total. The molecular weight excluding hydrogens is 186 g/mol. The first-order valence-corrected chi connectivity index (χ1v) is 5.76. The molecule has 0 saturated carbocycles. The van der Waals surface area contributed by atoms with Crippen molar-refractivity contribution in [2.45, 2.75) is 59.1 Å². The number of hydrogen-bond donors (Lipinski definition) is 1. The molecule has 0 heterocycles. The summed E-state index contributed by atoms with van der Waals surface area (Å²) in [5.74, 6) is 6.03. The molecule has 0 spiro atoms. The van der Waals surface area contributed by atoms with Crippen LogP contribution in [0.3, 0.4) is 0 Å². The average molecular weight is 211 g/mol. The van der Waals surface area contributed by atoms with Gasteiger partial charge in [-0.05, 0) is 40.7 Å². The van der Waals surface area contributed by atoms with E-state index < -0.39 is 0 Å². The zero-order chi connectivity index (χ0) is 11.7. The summed E-state index contributed by atoms with van der Waals surface area (Å²) in [7, 11) is 0. The van der Waals surface area contributed by atoms with Crippen molar-refractivity contribution in [1.82, 2.24) is 5.32 Å². The first kappa shape index (κ1) is 14.5. The van der Waals surface area contributed by atoms with Crippen LogP contribution in [0.1, 0.15) is 47.5 Å². The lowest BCUT2D eigenvalue weighted by atomic mass is 10.1. The minimum atomic E-state index is -0.0637. The van der Waals surface area contributed by atoms with Gasteiger partial charge in [0.15, 0.2) is 0 Å². The fourth-order valence-corrected chi connectivity index (χ4v) is 1.11. The lowest BCUT2D eigenvalue weighted by Gasteiger charge is -2.24. The highest BCUT2D eigenvalue weighted by Crippen LogP contribution is 2.08. The maximum atomic E-state index is 5.76. The maximum absolute atomic E-state index is 5.76. The molecule has 0 aromatic rings. The second-order valence-electron chi connectivity index (χ2n) is 4.71. The van der Waals surface area contributed by atoms with Crippen LogP contribution in [0.25, 0.3) is 0 Å². The molecule has 0 aliphatic rings. The van der Waals surface area contributed by atoms with Crippen molar-refractivity contribution in [2.75, 3.05) is 13.2 Å². The molecule has 1 unspecified atom stereocenters. The second kappa shape index (κ2) is 7.73. The highest BCUT2D eigenvalue weighted by molar-refractivity contribution is 4.98. The third kappa shape index (κ3) is 9.78. The zero-order valence-electron chi connectivity index (χ0n) is 10.8. The first-order chi connectivity index (χ1) is 6.99. The summed E-state index contributed by atoms with van der Waals surface area (Å²) in [6.45, 7) is 12.0. The smallest absolute Gasteiger partial charge is 0.0636 e. The molecule has 0 radical (unpaired) electrons. The van der Waals surface area contributed by atoms with Crippen molar-refractivity contribution in [3.05, 3.63) is 0 Å². The minimum Gasteiger partial charge on any atom is -0.374 e. The fraction of sp³-hybridized carbons (Fsp3) is 0.846. The van der Waals surface area contributed by atoms with Crippen LogP contribution in [0.15, 0.2) is 0 Å². The standard InChI is InChI=1S/C13H25NO/c1-6-8-9-12(14-10-7-2)11-15-13(3,4)5/h12,14H,7,9-11H2,1-5H3. The Bertz CT molecular complexity index is 207. The molecule has 0 rings (SSSR count). The summed E-state index contributed by atoms with van der Waals surface area (Å²) in [6.07, 6.45) is 2.01. The van der Waals surface area contributed by atoms with Crippen LogP contribution in [0.5, 0.6) is 0 Å². The molecule has 0 aliphatic carbocycles. The molecule has 0 aromatic heterocycles. The normalized spacial score (nSPS) is 13.1. The molecule has 0 aromatic carbocycles. The second-order valence-corrected chi connectivity index (χ2v) is 4.71. The average Bonchev–Trinajstić information content (AvgIpc) is 2.15. The van der Waals surface area contributed by atoms with E-state index in [0.29, 0.717) is 6.04 Å². The molecule has 2 heteroatoms. The van der Waals surface area contributed by atoms with E-state index in [0.717, 1.165) is 26.0 Å². The molecule has 0 aliphatic heterocycles. The van der Waals surface area contributed by atoms with Crippen LogP contribution in [-0.2, 0) is 4.74 Å². The Labute approximate surface area is 94.8 Å². The van der Waals surface area contributed by atoms with Crippen LogP contribution in [-0.4, -0.2) is 24.8 Å². The zero-order valence-corrected chi connectivity index (χ0v) is 10.8. The van der Waals surface area contributed by atoms with Gasteiger partial charge in [0.05, 0.1) is 12.2 Å². The van der Waals surface area contributed by atoms with Gasteiger partial charge < -0.3 is 10.1 Å². The summed E-state index contributed by atoms with van der Waals surface area (Å²) in [5, 5.41) is 3.45. The molecule has 1 atom stereocenters. The van der Waals surface area contributed by atoms with E-state index in [-0.39, 0.29) is 5.60 Å². The van der Waals surface area contributed by atoms with E-state index in [1.807, 2.05) is 6.92 Å². The number of ether oxygens (including phenoxy) is 1. The SMILES string of the molecule is CC#CCC(COC(C)(C)C)NCCC. The monoisotopic (exact) mass is 211 g/mol. The van der Waals surface area contributed by atoms with Gasteiger partial charge in [-0.25, -0.2) is 0 Å². The largest absolute Gasteiger partial charge is 0.374 e. The molecule has 0 bridgehead atoms. The van der Waals surface area contributed by atoms with Crippen LogP contribution in [0, 0.1) is 11.8 Å². The van der Waals surface area contributed by atoms with Crippen molar-refractivity contribution in [3.8, 4) is 11.8 Å². The molecule has 88 valence electrons. The Morgan fingerprint density at radius 3 is 2.47 bits per heavy atom. The van der Waals surface area contributed by atoms with Crippen LogP contribution < -0.4 is 5.32 Å². The molecule has 2 nitrogen and oxygen atoms in total. The van der Waals surface area contributed by atoms with E-state index in [2.05, 4.69) is 44.9 Å². The lowest BCUT2D eigenvalue weighted by molar-refractivity contribution is -0.0137. The van der Waals surface area contributed by atoms with Gasteiger partial charge in [-0.2, -0.15) is 0 Å². The van der Waals surface area contributed by atoms with E-state index in [1.54, 1.807) is 0 Å². The van der Waals surface area contributed by atoms with Gasteiger partial charge >= 0.3 is 0 Å². The minimum absolute atomic E-state index is 0.0637. The van der Waals surface area contributed by atoms with Crippen LogP contribution in [0.2, 0.25) is 0 Å². The van der Waals surface area contributed by atoms with Crippen molar-refractivity contribution in [3.63, 3.8) is 0 Å². The van der Waals surface area contributed by atoms with E-state index in [4.69, 9.17) is 4.74 Å². The van der Waals surface area contributed by atoms with Crippen molar-refractivity contribution in [2.24, 2.45) is 0 Å². The van der Waals surface area contributed by atoms with Gasteiger partial charge in [0, 0.05) is 12.5 Å². The predicted molar refractivity (Wildman–Crippen MR) is 65.9 cm³/mol. The topological polar surface area (TPSA) is 21.3 Å². The summed E-state index contributed by atoms with van der Waals surface area (Å²) >= 11 is 0. The Balaban J connectivity index is 3.92. The van der Waals surface area contributed by atoms with Crippen molar-refractivity contribution >= 4 is 0 Å². The third-order valence-electron chi connectivity index (χ3n) is 1.93. The van der Waals surface area contributed by atoms with Gasteiger partial charge in [0.2, 0.25) is 0 Å². The molecule has 0 saturated heterocycles. The number of hydrogen-bond acceptors (Lipinski definition) is 2. The van der Waals surface area contributed by atoms with Gasteiger partial charge in [-0.1, -0.05) is 6.92 Å². The summed E-state index contributed by atoms with van der Waals surface area (Å²) < 4.78 is 5.76. The van der Waals surface area contributed by atoms with E-state index in [9.17, 15) is 0 Å². The molecule has 0 fully saturated rings. The number of rotatable bonds is 6. The predicted octanol–water partition coefficient (Wildman–Crippen LogP) is 2.58. The van der Waals surface area contributed by atoms with E-state index >= 15 is 0 Å². The van der Waals surface area contributed by atoms with Crippen molar-refractivity contribution < 1.29 is 4.74 Å².